The Balaban J connectivity index is 2.24. The molecular formula is C13H12N2O2. The van der Waals surface area contributed by atoms with Crippen LogP contribution in [0.5, 0.6) is 11.5 Å². The maximum Gasteiger partial charge on any atom is 0.123 e. The minimum Gasteiger partial charge on any atom is -0.508 e. The molecule has 17 heavy (non-hydrogen) atoms. The molecule has 0 spiro atoms. The molecular weight excluding hydrogens is 216 g/mol. The van der Waals surface area contributed by atoms with Crippen LogP contribution in [-0.4, -0.2) is 22.2 Å². The maximum atomic E-state index is 9.48. The summed E-state index contributed by atoms with van der Waals surface area (Å²) >= 11 is 0. The second kappa shape index (κ2) is 5.12. The summed E-state index contributed by atoms with van der Waals surface area (Å²) in [7, 11) is 1.56. The Morgan fingerprint density at radius 2 is 1.76 bits per heavy atom. The standard InChI is InChI=1S/C13H12N2O2/c1-17-13-5-10(4-12(16)6-13)2-3-11-7-14-9-15-8-11/h2-9,16H,1H3. The Morgan fingerprint density at radius 3 is 2.47 bits per heavy atom. The van der Waals surface area contributed by atoms with E-state index in [9.17, 15) is 5.11 Å². The van der Waals surface area contributed by atoms with E-state index in [1.165, 1.54) is 6.33 Å². The summed E-state index contributed by atoms with van der Waals surface area (Å²) in [5.41, 5.74) is 1.75. The average molecular weight is 228 g/mol. The molecule has 0 bridgehead atoms. The third-order valence-corrected chi connectivity index (χ3v) is 2.20. The molecule has 2 rings (SSSR count). The molecule has 4 nitrogen and oxygen atoms in total. The minimum atomic E-state index is 0.174. The molecule has 0 aliphatic rings. The van der Waals surface area contributed by atoms with Crippen molar-refractivity contribution in [3.05, 3.63) is 48.0 Å². The van der Waals surface area contributed by atoms with Crippen molar-refractivity contribution < 1.29 is 9.84 Å². The van der Waals surface area contributed by atoms with E-state index in [1.807, 2.05) is 18.2 Å². The second-order valence-corrected chi connectivity index (χ2v) is 3.47. The van der Waals surface area contributed by atoms with Gasteiger partial charge in [0, 0.05) is 24.0 Å². The van der Waals surface area contributed by atoms with Crippen LogP contribution in [0.25, 0.3) is 12.2 Å². The van der Waals surface area contributed by atoms with E-state index in [0.29, 0.717) is 5.75 Å². The molecule has 0 saturated carbocycles. The minimum absolute atomic E-state index is 0.174. The Labute approximate surface area is 99.2 Å². The molecule has 2 aromatic rings. The monoisotopic (exact) mass is 228 g/mol. The van der Waals surface area contributed by atoms with Gasteiger partial charge in [0.2, 0.25) is 0 Å². The topological polar surface area (TPSA) is 55.2 Å². The Morgan fingerprint density at radius 1 is 1.06 bits per heavy atom. The van der Waals surface area contributed by atoms with Crippen LogP contribution in [0.3, 0.4) is 0 Å². The summed E-state index contributed by atoms with van der Waals surface area (Å²) in [5, 5.41) is 9.48. The lowest BCUT2D eigenvalue weighted by Crippen LogP contribution is -1.83. The molecule has 0 atom stereocenters. The van der Waals surface area contributed by atoms with Crippen LogP contribution >= 0.6 is 0 Å². The average Bonchev–Trinajstić information content (AvgIpc) is 2.37. The van der Waals surface area contributed by atoms with Gasteiger partial charge in [-0.05, 0) is 17.7 Å². The fraction of sp³-hybridized carbons (Fsp3) is 0.0769. The second-order valence-electron chi connectivity index (χ2n) is 3.47. The van der Waals surface area contributed by atoms with Gasteiger partial charge in [-0.2, -0.15) is 0 Å². The lowest BCUT2D eigenvalue weighted by atomic mass is 10.1. The Bertz CT molecular complexity index is 524. The van der Waals surface area contributed by atoms with E-state index < -0.39 is 0 Å². The number of hydrogen-bond acceptors (Lipinski definition) is 4. The van der Waals surface area contributed by atoms with Crippen LogP contribution in [0, 0.1) is 0 Å². The number of benzene rings is 1. The summed E-state index contributed by atoms with van der Waals surface area (Å²) in [6.45, 7) is 0. The molecule has 1 heterocycles. The van der Waals surface area contributed by atoms with Gasteiger partial charge in [0.25, 0.3) is 0 Å². The van der Waals surface area contributed by atoms with Crippen molar-refractivity contribution in [2.45, 2.75) is 0 Å². The highest BCUT2D eigenvalue weighted by Gasteiger charge is 1.97. The van der Waals surface area contributed by atoms with Crippen molar-refractivity contribution in [2.24, 2.45) is 0 Å². The number of hydrogen-bond donors (Lipinski definition) is 1. The van der Waals surface area contributed by atoms with Gasteiger partial charge >= 0.3 is 0 Å². The molecule has 0 saturated heterocycles. The summed E-state index contributed by atoms with van der Waals surface area (Å²) in [6.07, 6.45) is 8.64. The predicted octanol–water partition coefficient (Wildman–Crippen LogP) is 2.36. The van der Waals surface area contributed by atoms with Crippen LogP contribution < -0.4 is 4.74 Å². The molecule has 0 radical (unpaired) electrons. The highest BCUT2D eigenvalue weighted by atomic mass is 16.5. The third kappa shape index (κ3) is 3.04. The SMILES string of the molecule is COc1cc(O)cc(C=Cc2cncnc2)c1. The van der Waals surface area contributed by atoms with E-state index in [1.54, 1.807) is 31.6 Å². The highest BCUT2D eigenvalue weighted by molar-refractivity contribution is 5.70. The lowest BCUT2D eigenvalue weighted by molar-refractivity contribution is 0.407. The molecule has 0 amide bonds. The third-order valence-electron chi connectivity index (χ3n) is 2.20. The highest BCUT2D eigenvalue weighted by Crippen LogP contribution is 2.22. The van der Waals surface area contributed by atoms with Gasteiger partial charge in [0.1, 0.15) is 17.8 Å². The Kier molecular flexibility index (Phi) is 3.35. The Hall–Kier alpha value is -2.36. The van der Waals surface area contributed by atoms with E-state index in [2.05, 4.69) is 9.97 Å². The van der Waals surface area contributed by atoms with Gasteiger partial charge in [-0.1, -0.05) is 12.2 Å². The molecule has 1 N–H and O–H groups in total. The summed E-state index contributed by atoms with van der Waals surface area (Å²) in [6, 6.07) is 5.05. The van der Waals surface area contributed by atoms with Gasteiger partial charge in [0.15, 0.2) is 0 Å². The fourth-order valence-corrected chi connectivity index (χ4v) is 1.41. The van der Waals surface area contributed by atoms with Crippen LogP contribution in [0.15, 0.2) is 36.9 Å². The van der Waals surface area contributed by atoms with E-state index in [0.717, 1.165) is 11.1 Å². The van der Waals surface area contributed by atoms with E-state index in [-0.39, 0.29) is 5.75 Å². The number of phenols is 1. The van der Waals surface area contributed by atoms with Crippen molar-refractivity contribution in [2.75, 3.05) is 7.11 Å². The first-order chi connectivity index (χ1) is 8.28. The maximum absolute atomic E-state index is 9.48. The number of phenolic OH excluding ortho intramolecular Hbond substituents is 1. The zero-order chi connectivity index (χ0) is 12.1. The fourth-order valence-electron chi connectivity index (χ4n) is 1.41. The predicted molar refractivity (Wildman–Crippen MR) is 65.6 cm³/mol. The van der Waals surface area contributed by atoms with Crippen molar-refractivity contribution in [1.82, 2.24) is 9.97 Å². The summed E-state index contributed by atoms with van der Waals surface area (Å²) < 4.78 is 5.07. The van der Waals surface area contributed by atoms with Crippen molar-refractivity contribution in [3.8, 4) is 11.5 Å². The number of aromatic hydroxyl groups is 1. The molecule has 1 aromatic heterocycles. The van der Waals surface area contributed by atoms with E-state index in [4.69, 9.17) is 4.74 Å². The van der Waals surface area contributed by atoms with Gasteiger partial charge in [-0.3, -0.25) is 0 Å². The van der Waals surface area contributed by atoms with E-state index >= 15 is 0 Å². The molecule has 4 heteroatoms. The van der Waals surface area contributed by atoms with Gasteiger partial charge in [0.05, 0.1) is 7.11 Å². The van der Waals surface area contributed by atoms with Gasteiger partial charge in [-0.15, -0.1) is 0 Å². The number of ether oxygens (including phenoxy) is 1. The number of methoxy groups -OCH3 is 1. The molecule has 0 fully saturated rings. The van der Waals surface area contributed by atoms with Crippen molar-refractivity contribution >= 4 is 12.2 Å². The van der Waals surface area contributed by atoms with Gasteiger partial charge in [-0.25, -0.2) is 9.97 Å². The number of aromatic nitrogens is 2. The smallest absolute Gasteiger partial charge is 0.123 e. The molecule has 0 aliphatic carbocycles. The largest absolute Gasteiger partial charge is 0.508 e. The van der Waals surface area contributed by atoms with Crippen LogP contribution in [0.4, 0.5) is 0 Å². The van der Waals surface area contributed by atoms with Crippen molar-refractivity contribution in [3.63, 3.8) is 0 Å². The first kappa shape index (κ1) is 11.1. The zero-order valence-electron chi connectivity index (χ0n) is 9.37. The lowest BCUT2D eigenvalue weighted by Gasteiger charge is -2.02. The zero-order valence-corrected chi connectivity index (χ0v) is 9.37. The summed E-state index contributed by atoms with van der Waals surface area (Å²) in [4.78, 5) is 7.82. The van der Waals surface area contributed by atoms with Gasteiger partial charge < -0.3 is 9.84 Å². The first-order valence-corrected chi connectivity index (χ1v) is 5.09. The molecule has 0 unspecified atom stereocenters. The first-order valence-electron chi connectivity index (χ1n) is 5.09. The molecule has 1 aromatic carbocycles. The normalized spacial score (nSPS) is 10.6. The van der Waals surface area contributed by atoms with Crippen LogP contribution in [0.2, 0.25) is 0 Å². The summed E-state index contributed by atoms with van der Waals surface area (Å²) in [5.74, 6) is 0.794. The molecule has 0 aliphatic heterocycles. The quantitative estimate of drug-likeness (QED) is 0.876. The van der Waals surface area contributed by atoms with Crippen molar-refractivity contribution in [1.29, 1.82) is 0 Å². The molecule has 86 valence electrons. The van der Waals surface area contributed by atoms with Crippen LogP contribution in [-0.2, 0) is 0 Å². The van der Waals surface area contributed by atoms with Crippen LogP contribution in [0.1, 0.15) is 11.1 Å². The number of rotatable bonds is 3. The number of nitrogens with zero attached hydrogens (tertiary/aromatic N) is 2.